The summed E-state index contributed by atoms with van der Waals surface area (Å²) < 4.78 is 128. The summed E-state index contributed by atoms with van der Waals surface area (Å²) in [6.45, 7) is 8.25. The Kier molecular flexibility index (Phi) is 15.1. The van der Waals surface area contributed by atoms with Crippen LogP contribution in [-0.2, 0) is 21.2 Å². The van der Waals surface area contributed by atoms with Crippen LogP contribution < -0.4 is 45.5 Å². The van der Waals surface area contributed by atoms with Gasteiger partial charge in [-0.25, -0.2) is 0 Å². The summed E-state index contributed by atoms with van der Waals surface area (Å²) in [5.41, 5.74) is -1.21. The molecule has 9 aromatic carbocycles. The van der Waals surface area contributed by atoms with Crippen LogP contribution in [0, 0.1) is 0 Å². The topological polar surface area (TPSA) is 46.2 Å². The Morgan fingerprint density at radius 1 is 0.329 bits per heavy atom. The minimum atomic E-state index is -5.42. The van der Waals surface area contributed by atoms with E-state index in [4.69, 9.17) is 22.6 Å². The van der Waals surface area contributed by atoms with Gasteiger partial charge in [0, 0.05) is 0 Å². The minimum absolute atomic E-state index is 0.0489. The van der Waals surface area contributed by atoms with Crippen LogP contribution in [0.25, 0.3) is 0 Å². The van der Waals surface area contributed by atoms with E-state index < -0.39 is 50.7 Å². The fraction of sp³-hybridized carbons (Fsp3) is 0.129. The van der Waals surface area contributed by atoms with Crippen LogP contribution in [0.15, 0.2) is 249 Å². The Bertz CT molecular complexity index is 2920. The van der Waals surface area contributed by atoms with Gasteiger partial charge in [-0.1, -0.05) is 0 Å². The van der Waals surface area contributed by atoms with Crippen molar-refractivity contribution in [3.63, 3.8) is 0 Å². The van der Waals surface area contributed by atoms with E-state index in [9.17, 15) is 26.3 Å². The van der Waals surface area contributed by atoms with Gasteiger partial charge in [-0.15, -0.1) is 0 Å². The first kappa shape index (κ1) is 53.6. The van der Waals surface area contributed by atoms with Crippen molar-refractivity contribution in [1.82, 2.24) is 0 Å². The fourth-order valence-electron chi connectivity index (χ4n) is 9.54. The van der Waals surface area contributed by atoms with Crippen molar-refractivity contribution >= 4 is 53.3 Å². The summed E-state index contributed by atoms with van der Waals surface area (Å²) >= 11 is 0. The molecule has 388 valence electrons. The molecular weight excluding hydrogens is 1010 g/mol. The van der Waals surface area contributed by atoms with E-state index in [0.29, 0.717) is 55.5 Å². The zero-order chi connectivity index (χ0) is 53.7. The first-order chi connectivity index (χ1) is 36.4. The second kappa shape index (κ2) is 21.4. The first-order valence-corrected chi connectivity index (χ1v) is 28.9. The molecule has 14 heteroatoms. The van der Waals surface area contributed by atoms with Gasteiger partial charge in [-0.3, -0.25) is 0 Å². The number of rotatable bonds is 18. The number of hydrogen-bond acceptors (Lipinski definition) is 5. The molecule has 9 rings (SSSR count). The molecule has 5 nitrogen and oxygen atoms in total. The Morgan fingerprint density at radius 2 is 0.579 bits per heavy atom. The van der Waals surface area contributed by atoms with E-state index in [1.165, 1.54) is 0 Å². The van der Waals surface area contributed by atoms with Crippen LogP contribution in [0.2, 0.25) is 0 Å². The summed E-state index contributed by atoms with van der Waals surface area (Å²) in [4.78, 5) is 0. The predicted octanol–water partition coefficient (Wildman–Crippen LogP) is 15.2. The molecule has 0 radical (unpaired) electrons. The van der Waals surface area contributed by atoms with E-state index in [1.807, 2.05) is 158 Å². The van der Waals surface area contributed by atoms with Crippen LogP contribution >= 0.6 is 14.1 Å². The molecular formula is C62H55BF6O5P2. The fourth-order valence-corrected chi connectivity index (χ4v) is 19.0. The molecule has 0 atom stereocenters. The van der Waals surface area contributed by atoms with E-state index >= 15 is 0 Å². The van der Waals surface area contributed by atoms with E-state index in [-0.39, 0.29) is 17.9 Å². The number of alkyl halides is 6. The van der Waals surface area contributed by atoms with Crippen molar-refractivity contribution in [2.45, 2.75) is 51.9 Å². The standard InChI is InChI=1S/C62H55BF6O5P2/c1-46(2)48-35-39-52(40-36-48)71-75(55-23-11-5-12-24-55,56-25-13-6-14-26-56,57-27-15-7-16-28-57)73-63(70-54-44-50(61(64,65)66)43-51(45-54)62(67,68)69)74-76(58-29-17-8-18-30-58,59-31-19-9-20-32-59,60-33-21-10-22-34-60)72-53-41-37-49(38-42-53)47(3)4/h5-47H,1-4H3. The molecule has 0 aliphatic rings. The van der Waals surface area contributed by atoms with Gasteiger partial charge in [-0.05, 0) is 0 Å². The maximum atomic E-state index is 15.0. The number of benzene rings is 9. The van der Waals surface area contributed by atoms with E-state index in [2.05, 4.69) is 27.7 Å². The van der Waals surface area contributed by atoms with Gasteiger partial charge in [0.15, 0.2) is 0 Å². The second-order valence-corrected chi connectivity index (χ2v) is 26.6. The van der Waals surface area contributed by atoms with Gasteiger partial charge in [0.05, 0.1) is 0 Å². The summed E-state index contributed by atoms with van der Waals surface area (Å²) in [5.74, 6) is 0.0597. The van der Waals surface area contributed by atoms with E-state index in [1.54, 1.807) is 72.8 Å². The van der Waals surface area contributed by atoms with Crippen LogP contribution in [-0.4, -0.2) is 7.32 Å². The molecule has 0 amide bonds. The van der Waals surface area contributed by atoms with Crippen LogP contribution in [0.4, 0.5) is 26.3 Å². The zero-order valence-electron chi connectivity index (χ0n) is 42.1. The first-order valence-electron chi connectivity index (χ1n) is 24.8. The Morgan fingerprint density at radius 3 is 0.803 bits per heavy atom. The normalized spacial score (nSPS) is 13.3. The molecule has 0 unspecified atom stereocenters. The quantitative estimate of drug-likeness (QED) is 0.0487. The van der Waals surface area contributed by atoms with Crippen molar-refractivity contribution in [2.24, 2.45) is 0 Å². The summed E-state index contributed by atoms with van der Waals surface area (Å²) in [7, 11) is -13.2. The van der Waals surface area contributed by atoms with Gasteiger partial charge < -0.3 is 0 Å². The van der Waals surface area contributed by atoms with Crippen molar-refractivity contribution in [3.05, 3.63) is 271 Å². The second-order valence-electron chi connectivity index (χ2n) is 18.9. The van der Waals surface area contributed by atoms with Crippen LogP contribution in [0.1, 0.15) is 61.8 Å². The third kappa shape index (κ3) is 10.2. The van der Waals surface area contributed by atoms with Crippen LogP contribution in [0.5, 0.6) is 17.2 Å². The molecule has 76 heavy (non-hydrogen) atoms. The SMILES string of the molecule is CC(C)c1ccc(OP(OB(Oc2cc(C(F)(F)F)cc(C(F)(F)F)c2)OP(Oc2ccc(C(C)C)cc2)(c2ccccc2)(c2ccccc2)c2ccccc2)(c2ccccc2)(c2ccccc2)c2ccccc2)cc1. The molecule has 0 spiro atoms. The van der Waals surface area contributed by atoms with Gasteiger partial charge >= 0.3 is 442 Å². The molecule has 0 saturated carbocycles. The molecule has 0 saturated heterocycles. The molecule has 0 N–H and O–H groups in total. The zero-order valence-corrected chi connectivity index (χ0v) is 43.9. The predicted molar refractivity (Wildman–Crippen MR) is 298 cm³/mol. The van der Waals surface area contributed by atoms with Crippen molar-refractivity contribution in [2.75, 3.05) is 0 Å². The van der Waals surface area contributed by atoms with E-state index in [0.717, 1.165) is 11.1 Å². The average molecular weight is 1070 g/mol. The molecule has 0 bridgehead atoms. The summed E-state index contributed by atoms with van der Waals surface area (Å²) in [5, 5.41) is 2.67. The summed E-state index contributed by atoms with van der Waals surface area (Å²) in [6, 6.07) is 70.5. The van der Waals surface area contributed by atoms with Crippen molar-refractivity contribution < 1.29 is 48.9 Å². The monoisotopic (exact) mass is 1070 g/mol. The molecule has 0 aromatic heterocycles. The average Bonchev–Trinajstić information content (AvgIpc) is 3.45. The third-order valence-corrected chi connectivity index (χ3v) is 23.1. The van der Waals surface area contributed by atoms with Gasteiger partial charge in [0.2, 0.25) is 0 Å². The van der Waals surface area contributed by atoms with Crippen molar-refractivity contribution in [1.29, 1.82) is 0 Å². The molecule has 0 aliphatic carbocycles. The molecule has 0 fully saturated rings. The molecule has 9 aromatic rings. The maximum absolute atomic E-state index is 15.0. The number of halogens is 6. The molecule has 0 heterocycles. The Labute approximate surface area is 440 Å². The van der Waals surface area contributed by atoms with Gasteiger partial charge in [-0.2, -0.15) is 0 Å². The Balaban J connectivity index is 1.47. The summed E-state index contributed by atoms with van der Waals surface area (Å²) in [6.07, 6.45) is -10.5. The molecule has 0 aliphatic heterocycles. The third-order valence-electron chi connectivity index (χ3n) is 13.4. The Hall–Kier alpha value is -7.20. The number of hydrogen-bond donors (Lipinski definition) is 0. The van der Waals surface area contributed by atoms with Crippen molar-refractivity contribution in [3.8, 4) is 17.2 Å². The van der Waals surface area contributed by atoms with Gasteiger partial charge in [0.25, 0.3) is 0 Å². The van der Waals surface area contributed by atoms with Crippen LogP contribution in [0.3, 0.4) is 0 Å². The van der Waals surface area contributed by atoms with Gasteiger partial charge in [0.1, 0.15) is 0 Å².